The Hall–Kier alpha value is -1.85. The van der Waals surface area contributed by atoms with Gasteiger partial charge in [0.2, 0.25) is 0 Å². The summed E-state index contributed by atoms with van der Waals surface area (Å²) in [4.78, 5) is 26.3. The zero-order valence-electron chi connectivity index (χ0n) is 13.2. The van der Waals surface area contributed by atoms with E-state index in [0.717, 1.165) is 24.2 Å². The van der Waals surface area contributed by atoms with Crippen LogP contribution >= 0.6 is 0 Å². The highest BCUT2D eigenvalue weighted by Gasteiger charge is 2.31. The van der Waals surface area contributed by atoms with Gasteiger partial charge in [0.1, 0.15) is 0 Å². The second-order valence-corrected chi connectivity index (χ2v) is 5.51. The summed E-state index contributed by atoms with van der Waals surface area (Å²) in [6.45, 7) is 7.02. The lowest BCUT2D eigenvalue weighted by Gasteiger charge is -2.31. The maximum atomic E-state index is 12.7. The Balaban J connectivity index is 2.14. The number of carbonyl (C=O) groups is 2. The molecule has 1 atom stereocenters. The molecule has 0 radical (unpaired) electrons. The van der Waals surface area contributed by atoms with Gasteiger partial charge in [0.05, 0.1) is 23.8 Å². The number of ether oxygens (including phenoxy) is 1. The van der Waals surface area contributed by atoms with Crippen molar-refractivity contribution in [2.24, 2.45) is 13.0 Å². The van der Waals surface area contributed by atoms with Crippen molar-refractivity contribution in [2.75, 3.05) is 19.7 Å². The molecule has 21 heavy (non-hydrogen) atoms. The van der Waals surface area contributed by atoms with E-state index in [2.05, 4.69) is 5.10 Å². The SMILES string of the molecule is CCOC(=O)[C@H]1CCCN(C(=O)c2c(C)nn(C)c2C)C1. The van der Waals surface area contributed by atoms with E-state index in [-0.39, 0.29) is 17.8 Å². The summed E-state index contributed by atoms with van der Waals surface area (Å²) in [5.74, 6) is -0.443. The molecule has 6 heteroatoms. The Morgan fingerprint density at radius 2 is 2.10 bits per heavy atom. The number of aromatic nitrogens is 2. The highest BCUT2D eigenvalue weighted by Crippen LogP contribution is 2.22. The fourth-order valence-corrected chi connectivity index (χ4v) is 2.86. The molecule has 116 valence electrons. The lowest BCUT2D eigenvalue weighted by atomic mass is 9.97. The minimum Gasteiger partial charge on any atom is -0.466 e. The molecule has 1 amide bonds. The topological polar surface area (TPSA) is 64.4 Å². The summed E-state index contributed by atoms with van der Waals surface area (Å²) in [5, 5.41) is 4.29. The summed E-state index contributed by atoms with van der Waals surface area (Å²) in [5.41, 5.74) is 2.25. The van der Waals surface area contributed by atoms with Crippen LogP contribution in [0.4, 0.5) is 0 Å². The summed E-state index contributed by atoms with van der Waals surface area (Å²) in [7, 11) is 1.83. The van der Waals surface area contributed by atoms with Crippen LogP contribution in [0.25, 0.3) is 0 Å². The predicted octanol–water partition coefficient (Wildman–Crippen LogP) is 1.45. The van der Waals surface area contributed by atoms with Crippen molar-refractivity contribution >= 4 is 11.9 Å². The van der Waals surface area contributed by atoms with Crippen molar-refractivity contribution in [3.63, 3.8) is 0 Å². The summed E-state index contributed by atoms with van der Waals surface area (Å²) < 4.78 is 6.79. The number of carbonyl (C=O) groups excluding carboxylic acids is 2. The van der Waals surface area contributed by atoms with Crippen LogP contribution in [-0.2, 0) is 16.6 Å². The molecule has 0 spiro atoms. The molecule has 6 nitrogen and oxygen atoms in total. The van der Waals surface area contributed by atoms with Gasteiger partial charge in [0.25, 0.3) is 5.91 Å². The molecular weight excluding hydrogens is 270 g/mol. The Morgan fingerprint density at radius 1 is 1.38 bits per heavy atom. The number of esters is 1. The number of likely N-dealkylation sites (tertiary alicyclic amines) is 1. The number of hydrogen-bond donors (Lipinski definition) is 0. The van der Waals surface area contributed by atoms with Crippen LogP contribution in [0.15, 0.2) is 0 Å². The van der Waals surface area contributed by atoms with Crippen LogP contribution in [0.2, 0.25) is 0 Å². The molecular formula is C15H23N3O3. The van der Waals surface area contributed by atoms with E-state index in [1.165, 1.54) is 0 Å². The predicted molar refractivity (Wildman–Crippen MR) is 77.9 cm³/mol. The minimum absolute atomic E-state index is 0.0351. The quantitative estimate of drug-likeness (QED) is 0.791. The van der Waals surface area contributed by atoms with E-state index in [1.807, 2.05) is 20.9 Å². The highest BCUT2D eigenvalue weighted by molar-refractivity contribution is 5.96. The van der Waals surface area contributed by atoms with E-state index < -0.39 is 0 Å². The normalized spacial score (nSPS) is 18.7. The summed E-state index contributed by atoms with van der Waals surface area (Å²) in [6, 6.07) is 0. The number of aryl methyl sites for hydroxylation is 2. The first kappa shape index (κ1) is 15.5. The van der Waals surface area contributed by atoms with Gasteiger partial charge in [-0.1, -0.05) is 0 Å². The second-order valence-electron chi connectivity index (χ2n) is 5.51. The number of rotatable bonds is 3. The molecule has 1 aliphatic heterocycles. The molecule has 2 rings (SSSR count). The van der Waals surface area contributed by atoms with Gasteiger partial charge in [-0.2, -0.15) is 5.10 Å². The van der Waals surface area contributed by atoms with Crippen molar-refractivity contribution in [3.05, 3.63) is 17.0 Å². The van der Waals surface area contributed by atoms with E-state index in [0.29, 0.717) is 25.3 Å². The molecule has 0 saturated carbocycles. The third kappa shape index (κ3) is 3.09. The maximum Gasteiger partial charge on any atom is 0.310 e. The largest absolute Gasteiger partial charge is 0.466 e. The molecule has 1 aromatic rings. The zero-order valence-corrected chi connectivity index (χ0v) is 13.2. The number of piperidine rings is 1. The Labute approximate surface area is 125 Å². The third-order valence-corrected chi connectivity index (χ3v) is 4.05. The fraction of sp³-hybridized carbons (Fsp3) is 0.667. The zero-order chi connectivity index (χ0) is 15.6. The Morgan fingerprint density at radius 3 is 2.67 bits per heavy atom. The van der Waals surface area contributed by atoms with Crippen molar-refractivity contribution in [2.45, 2.75) is 33.6 Å². The minimum atomic E-state index is -0.208. The molecule has 1 fully saturated rings. The number of hydrogen-bond acceptors (Lipinski definition) is 4. The summed E-state index contributed by atoms with van der Waals surface area (Å²) in [6.07, 6.45) is 1.61. The Bertz CT molecular complexity index is 551. The van der Waals surface area contributed by atoms with Crippen LogP contribution in [-0.4, -0.2) is 46.3 Å². The fourth-order valence-electron chi connectivity index (χ4n) is 2.86. The molecule has 1 saturated heterocycles. The van der Waals surface area contributed by atoms with Gasteiger partial charge in [0, 0.05) is 25.8 Å². The molecule has 0 aromatic carbocycles. The molecule has 2 heterocycles. The first-order valence-electron chi connectivity index (χ1n) is 7.41. The van der Waals surface area contributed by atoms with Gasteiger partial charge in [-0.05, 0) is 33.6 Å². The molecule has 1 aliphatic rings. The Kier molecular flexibility index (Phi) is 4.65. The first-order valence-corrected chi connectivity index (χ1v) is 7.41. The highest BCUT2D eigenvalue weighted by atomic mass is 16.5. The first-order chi connectivity index (χ1) is 9.95. The van der Waals surface area contributed by atoms with Crippen molar-refractivity contribution in [3.8, 4) is 0 Å². The van der Waals surface area contributed by atoms with Crippen molar-refractivity contribution in [1.82, 2.24) is 14.7 Å². The van der Waals surface area contributed by atoms with Gasteiger partial charge < -0.3 is 9.64 Å². The van der Waals surface area contributed by atoms with E-state index in [4.69, 9.17) is 4.74 Å². The standard InChI is InChI=1S/C15H23N3O3/c1-5-21-15(20)12-7-6-8-18(9-12)14(19)13-10(2)16-17(4)11(13)3/h12H,5-9H2,1-4H3/t12-/m0/s1. The van der Waals surface area contributed by atoms with Crippen molar-refractivity contribution in [1.29, 1.82) is 0 Å². The molecule has 1 aromatic heterocycles. The van der Waals surface area contributed by atoms with Gasteiger partial charge in [-0.25, -0.2) is 0 Å². The van der Waals surface area contributed by atoms with Crippen LogP contribution in [0.5, 0.6) is 0 Å². The average molecular weight is 293 g/mol. The number of amides is 1. The molecule has 0 N–H and O–H groups in total. The van der Waals surface area contributed by atoms with Crippen LogP contribution < -0.4 is 0 Å². The number of nitrogens with zero attached hydrogens (tertiary/aromatic N) is 3. The molecule has 0 bridgehead atoms. The van der Waals surface area contributed by atoms with Crippen LogP contribution in [0, 0.1) is 19.8 Å². The van der Waals surface area contributed by atoms with Gasteiger partial charge in [0.15, 0.2) is 0 Å². The monoisotopic (exact) mass is 293 g/mol. The average Bonchev–Trinajstić information content (AvgIpc) is 2.72. The third-order valence-electron chi connectivity index (χ3n) is 4.05. The lowest BCUT2D eigenvalue weighted by Crippen LogP contribution is -2.43. The van der Waals surface area contributed by atoms with Crippen molar-refractivity contribution < 1.29 is 14.3 Å². The lowest BCUT2D eigenvalue weighted by molar-refractivity contribution is -0.149. The maximum absolute atomic E-state index is 12.7. The summed E-state index contributed by atoms with van der Waals surface area (Å²) >= 11 is 0. The second kappa shape index (κ2) is 6.28. The van der Waals surface area contributed by atoms with Gasteiger partial charge in [-0.3, -0.25) is 14.3 Å². The smallest absolute Gasteiger partial charge is 0.310 e. The van der Waals surface area contributed by atoms with Crippen LogP contribution in [0.1, 0.15) is 41.5 Å². The van der Waals surface area contributed by atoms with Gasteiger partial charge >= 0.3 is 5.97 Å². The van der Waals surface area contributed by atoms with Crippen LogP contribution in [0.3, 0.4) is 0 Å². The molecule has 0 unspecified atom stereocenters. The van der Waals surface area contributed by atoms with E-state index in [9.17, 15) is 9.59 Å². The van der Waals surface area contributed by atoms with E-state index in [1.54, 1.807) is 16.5 Å². The van der Waals surface area contributed by atoms with Gasteiger partial charge in [-0.15, -0.1) is 0 Å². The van der Waals surface area contributed by atoms with E-state index >= 15 is 0 Å². The molecule has 0 aliphatic carbocycles.